The van der Waals surface area contributed by atoms with E-state index in [0.717, 1.165) is 27.9 Å². The maximum absolute atomic E-state index is 11.6. The molecule has 0 fully saturated rings. The van der Waals surface area contributed by atoms with Crippen molar-refractivity contribution in [1.82, 2.24) is 20.1 Å². The largest absolute Gasteiger partial charge is 0.478 e. The molecule has 1 N–H and O–H groups in total. The molecule has 0 saturated carbocycles. The highest BCUT2D eigenvalue weighted by Crippen LogP contribution is 2.30. The molecule has 0 amide bonds. The number of rotatable bonds is 10. The van der Waals surface area contributed by atoms with E-state index in [1.165, 1.54) is 13.8 Å². The Labute approximate surface area is 226 Å². The number of aryl methyl sites for hydroxylation is 4. The normalized spacial score (nSPS) is 11.8. The summed E-state index contributed by atoms with van der Waals surface area (Å²) in [4.78, 5) is 18.5. The first-order valence-corrected chi connectivity index (χ1v) is 12.5. The fourth-order valence-electron chi connectivity index (χ4n) is 4.11. The number of halogens is 1. The van der Waals surface area contributed by atoms with Crippen LogP contribution < -0.4 is 4.74 Å². The summed E-state index contributed by atoms with van der Waals surface area (Å²) in [5.74, 6) is 1.78. The number of aliphatic carboxylic acids is 1. The third-order valence-electron chi connectivity index (χ3n) is 6.08. The Morgan fingerprint density at radius 3 is 2.24 bits per heavy atom. The van der Waals surface area contributed by atoms with Crippen molar-refractivity contribution in [2.75, 3.05) is 0 Å². The zero-order valence-electron chi connectivity index (χ0n) is 22.3. The van der Waals surface area contributed by atoms with Crippen molar-refractivity contribution in [2.24, 2.45) is 0 Å². The molecule has 2 aromatic heterocycles. The van der Waals surface area contributed by atoms with Crippen LogP contribution in [0.15, 0.2) is 45.2 Å². The Morgan fingerprint density at radius 1 is 1.00 bits per heavy atom. The van der Waals surface area contributed by atoms with Gasteiger partial charge in [-0.3, -0.25) is 4.90 Å². The monoisotopic (exact) mass is 538 g/mol. The zero-order chi connectivity index (χ0) is 27.6. The molecule has 0 radical (unpaired) electrons. The summed E-state index contributed by atoms with van der Waals surface area (Å²) in [6.07, 6.45) is 0. The molecule has 0 aliphatic rings. The molecule has 0 unspecified atom stereocenters. The van der Waals surface area contributed by atoms with Gasteiger partial charge in [-0.15, -0.1) is 10.2 Å². The van der Waals surface area contributed by atoms with Crippen molar-refractivity contribution in [3.05, 3.63) is 81.3 Å². The summed E-state index contributed by atoms with van der Waals surface area (Å²) in [6, 6.07) is 11.3. The first kappa shape index (κ1) is 27.3. The van der Waals surface area contributed by atoms with Crippen LogP contribution in [-0.2, 0) is 24.4 Å². The number of oxazole rings is 1. The van der Waals surface area contributed by atoms with E-state index in [0.29, 0.717) is 53.8 Å². The maximum atomic E-state index is 11.6. The second-order valence-electron chi connectivity index (χ2n) is 9.87. The van der Waals surface area contributed by atoms with Gasteiger partial charge in [-0.1, -0.05) is 23.7 Å². The lowest BCUT2D eigenvalue weighted by molar-refractivity contribution is -0.152. The quantitative estimate of drug-likeness (QED) is 0.257. The number of aromatic nitrogens is 3. The highest BCUT2D eigenvalue weighted by molar-refractivity contribution is 6.30. The predicted octanol–water partition coefficient (Wildman–Crippen LogP) is 6.06. The summed E-state index contributed by atoms with van der Waals surface area (Å²) in [7, 11) is 0. The minimum absolute atomic E-state index is 0.409. The fraction of sp³-hybridized carbons (Fsp3) is 0.357. The van der Waals surface area contributed by atoms with Gasteiger partial charge in [-0.05, 0) is 75.6 Å². The SMILES string of the molecule is Cc1nnc(CN(Cc2cc(C)c(OC(C)(C)C(=O)O)c(C)c2)Cc2nc(-c3ccc(Cl)cc3)oc2C)o1. The number of benzene rings is 2. The van der Waals surface area contributed by atoms with Gasteiger partial charge in [0, 0.05) is 30.6 Å². The van der Waals surface area contributed by atoms with Gasteiger partial charge in [0.15, 0.2) is 5.60 Å². The van der Waals surface area contributed by atoms with Gasteiger partial charge >= 0.3 is 5.97 Å². The van der Waals surface area contributed by atoms with Gasteiger partial charge in [0.05, 0.1) is 12.2 Å². The number of nitrogens with zero attached hydrogens (tertiary/aromatic N) is 4. The second kappa shape index (κ2) is 11.0. The molecule has 2 aromatic carbocycles. The first-order valence-electron chi connectivity index (χ1n) is 12.2. The molecule has 0 atom stereocenters. The molecule has 0 aliphatic heterocycles. The van der Waals surface area contributed by atoms with E-state index in [4.69, 9.17) is 30.2 Å². The summed E-state index contributed by atoms with van der Waals surface area (Å²) in [6.45, 7) is 12.0. The molecule has 10 heteroatoms. The second-order valence-corrected chi connectivity index (χ2v) is 10.3. The van der Waals surface area contributed by atoms with Crippen molar-refractivity contribution in [3.63, 3.8) is 0 Å². The maximum Gasteiger partial charge on any atom is 0.347 e. The van der Waals surface area contributed by atoms with E-state index in [1.807, 2.05) is 45.0 Å². The lowest BCUT2D eigenvalue weighted by atomic mass is 10.0. The summed E-state index contributed by atoms with van der Waals surface area (Å²) in [5, 5.41) is 18.2. The standard InChI is InChI=1S/C28H31ClN4O5/c1-16-11-20(12-17(2)25(16)38-28(5,6)27(34)35)13-33(15-24-32-31-19(4)37-24)14-23-18(3)36-26(30-23)21-7-9-22(29)10-8-21/h7-12H,13-15H2,1-6H3,(H,34,35). The number of carbonyl (C=O) groups is 1. The van der Waals surface area contributed by atoms with E-state index in [-0.39, 0.29) is 0 Å². The van der Waals surface area contributed by atoms with Gasteiger partial charge in [-0.2, -0.15) is 0 Å². The van der Waals surface area contributed by atoms with Gasteiger partial charge < -0.3 is 18.7 Å². The van der Waals surface area contributed by atoms with Crippen LogP contribution in [-0.4, -0.2) is 36.8 Å². The minimum atomic E-state index is -1.34. The average Bonchev–Trinajstić information content (AvgIpc) is 3.41. The molecule has 0 aliphatic carbocycles. The number of hydrogen-bond acceptors (Lipinski definition) is 8. The molecular formula is C28H31ClN4O5. The highest BCUT2D eigenvalue weighted by atomic mass is 35.5. The van der Waals surface area contributed by atoms with Crippen molar-refractivity contribution < 1.29 is 23.5 Å². The Hall–Kier alpha value is -3.69. The number of ether oxygens (including phenoxy) is 1. The van der Waals surface area contributed by atoms with Crippen LogP contribution in [0.3, 0.4) is 0 Å². The Morgan fingerprint density at radius 2 is 1.66 bits per heavy atom. The third kappa shape index (κ3) is 6.41. The number of carboxylic acid groups (broad SMARTS) is 1. The van der Waals surface area contributed by atoms with Crippen LogP contribution >= 0.6 is 11.6 Å². The molecule has 9 nitrogen and oxygen atoms in total. The van der Waals surface area contributed by atoms with Crippen LogP contribution in [0, 0.1) is 27.7 Å². The molecule has 2 heterocycles. The smallest absolute Gasteiger partial charge is 0.347 e. The minimum Gasteiger partial charge on any atom is -0.478 e. The first-order chi connectivity index (χ1) is 17.9. The lowest BCUT2D eigenvalue weighted by Crippen LogP contribution is -2.38. The molecule has 200 valence electrons. The van der Waals surface area contributed by atoms with E-state index in [2.05, 4.69) is 15.1 Å². The van der Waals surface area contributed by atoms with Crippen molar-refractivity contribution in [2.45, 2.75) is 66.8 Å². The molecule has 0 saturated heterocycles. The molecule has 0 bridgehead atoms. The van der Waals surface area contributed by atoms with Gasteiger partial charge in [-0.25, -0.2) is 9.78 Å². The van der Waals surface area contributed by atoms with Crippen molar-refractivity contribution in [3.8, 4) is 17.2 Å². The fourth-order valence-corrected chi connectivity index (χ4v) is 4.24. The summed E-state index contributed by atoms with van der Waals surface area (Å²) < 4.78 is 17.5. The van der Waals surface area contributed by atoms with E-state index >= 15 is 0 Å². The zero-order valence-corrected chi connectivity index (χ0v) is 23.1. The van der Waals surface area contributed by atoms with Crippen LogP contribution in [0.4, 0.5) is 0 Å². The van der Waals surface area contributed by atoms with E-state index in [9.17, 15) is 9.90 Å². The molecule has 0 spiro atoms. The van der Waals surface area contributed by atoms with E-state index in [1.54, 1.807) is 19.1 Å². The Kier molecular flexibility index (Phi) is 7.89. The van der Waals surface area contributed by atoms with Crippen LogP contribution in [0.25, 0.3) is 11.5 Å². The highest BCUT2D eigenvalue weighted by Gasteiger charge is 2.30. The lowest BCUT2D eigenvalue weighted by Gasteiger charge is -2.25. The van der Waals surface area contributed by atoms with E-state index < -0.39 is 11.6 Å². The van der Waals surface area contributed by atoms with Crippen LogP contribution in [0.1, 0.15) is 53.8 Å². The Bertz CT molecular complexity index is 1420. The topological polar surface area (TPSA) is 115 Å². The van der Waals surface area contributed by atoms with Gasteiger partial charge in [0.2, 0.25) is 17.7 Å². The van der Waals surface area contributed by atoms with Gasteiger partial charge in [0.1, 0.15) is 11.5 Å². The molecule has 38 heavy (non-hydrogen) atoms. The molecule has 4 aromatic rings. The summed E-state index contributed by atoms with van der Waals surface area (Å²) in [5.41, 5.74) is 3.02. The van der Waals surface area contributed by atoms with Crippen LogP contribution in [0.5, 0.6) is 5.75 Å². The molecule has 4 rings (SSSR count). The third-order valence-corrected chi connectivity index (χ3v) is 6.33. The van der Waals surface area contributed by atoms with Crippen molar-refractivity contribution >= 4 is 17.6 Å². The van der Waals surface area contributed by atoms with Crippen LogP contribution in [0.2, 0.25) is 5.02 Å². The Balaban J connectivity index is 1.60. The van der Waals surface area contributed by atoms with Gasteiger partial charge in [0.25, 0.3) is 0 Å². The molecular weight excluding hydrogens is 508 g/mol. The van der Waals surface area contributed by atoms with Crippen molar-refractivity contribution in [1.29, 1.82) is 0 Å². The number of carboxylic acids is 1. The predicted molar refractivity (Wildman–Crippen MR) is 142 cm³/mol. The number of hydrogen-bond donors (Lipinski definition) is 1. The summed E-state index contributed by atoms with van der Waals surface area (Å²) >= 11 is 6.03. The average molecular weight is 539 g/mol.